The van der Waals surface area contributed by atoms with E-state index in [1.807, 2.05) is 36.8 Å². The third kappa shape index (κ3) is 3.41. The molecule has 0 fully saturated rings. The fraction of sp³-hybridized carbons (Fsp3) is 0.389. The predicted octanol–water partition coefficient (Wildman–Crippen LogP) is 2.20. The lowest BCUT2D eigenvalue weighted by atomic mass is 10.2. The van der Waals surface area contributed by atoms with Gasteiger partial charge in [0.2, 0.25) is 5.88 Å². The Morgan fingerprint density at radius 2 is 2.20 bits per heavy atom. The van der Waals surface area contributed by atoms with Crippen molar-refractivity contribution >= 4 is 0 Å². The SMILES string of the molecule is C[C@@H]1c2ncc(CCOc3ccccn3)n2CCN1Cc1cn[nH]c1. The van der Waals surface area contributed by atoms with E-state index in [-0.39, 0.29) is 6.04 Å². The molecule has 1 aliphatic heterocycles. The molecule has 0 amide bonds. The Bertz CT molecular complexity index is 798. The number of nitrogens with one attached hydrogen (secondary N) is 1. The van der Waals surface area contributed by atoms with Crippen molar-refractivity contribution in [1.82, 2.24) is 29.6 Å². The lowest BCUT2D eigenvalue weighted by Gasteiger charge is -2.34. The van der Waals surface area contributed by atoms with Crippen molar-refractivity contribution in [3.8, 4) is 5.88 Å². The Kier molecular flexibility index (Phi) is 4.47. The average molecular weight is 338 g/mol. The van der Waals surface area contributed by atoms with Crippen LogP contribution in [-0.4, -0.2) is 42.8 Å². The summed E-state index contributed by atoms with van der Waals surface area (Å²) in [5, 5.41) is 6.91. The summed E-state index contributed by atoms with van der Waals surface area (Å²) in [4.78, 5) is 11.3. The molecule has 25 heavy (non-hydrogen) atoms. The van der Waals surface area contributed by atoms with E-state index >= 15 is 0 Å². The van der Waals surface area contributed by atoms with Gasteiger partial charge in [-0.3, -0.25) is 10.00 Å². The molecular formula is C18H22N6O. The molecule has 0 aromatic carbocycles. The quantitative estimate of drug-likeness (QED) is 0.746. The first-order chi connectivity index (χ1) is 12.3. The largest absolute Gasteiger partial charge is 0.477 e. The lowest BCUT2D eigenvalue weighted by molar-refractivity contribution is 0.154. The number of ether oxygens (including phenoxy) is 1. The number of rotatable bonds is 6. The number of hydrogen-bond acceptors (Lipinski definition) is 5. The van der Waals surface area contributed by atoms with Crippen molar-refractivity contribution in [2.75, 3.05) is 13.2 Å². The monoisotopic (exact) mass is 338 g/mol. The van der Waals surface area contributed by atoms with E-state index in [9.17, 15) is 0 Å². The van der Waals surface area contributed by atoms with Crippen molar-refractivity contribution in [2.45, 2.75) is 32.5 Å². The van der Waals surface area contributed by atoms with Crippen molar-refractivity contribution in [2.24, 2.45) is 0 Å². The van der Waals surface area contributed by atoms with Gasteiger partial charge in [0.1, 0.15) is 5.82 Å². The van der Waals surface area contributed by atoms with Crippen LogP contribution in [0.5, 0.6) is 5.88 Å². The van der Waals surface area contributed by atoms with Gasteiger partial charge in [0.05, 0.1) is 18.8 Å². The summed E-state index contributed by atoms with van der Waals surface area (Å²) in [6.45, 7) is 5.67. The predicted molar refractivity (Wildman–Crippen MR) is 93.1 cm³/mol. The molecule has 7 heteroatoms. The highest BCUT2D eigenvalue weighted by Crippen LogP contribution is 2.26. The van der Waals surface area contributed by atoms with Gasteiger partial charge in [-0.2, -0.15) is 5.10 Å². The third-order valence-corrected chi connectivity index (χ3v) is 4.69. The highest BCUT2D eigenvalue weighted by Gasteiger charge is 2.27. The van der Waals surface area contributed by atoms with Crippen molar-refractivity contribution in [1.29, 1.82) is 0 Å². The van der Waals surface area contributed by atoms with Crippen LogP contribution in [0.2, 0.25) is 0 Å². The number of imidazole rings is 1. The summed E-state index contributed by atoms with van der Waals surface area (Å²) < 4.78 is 8.05. The number of aromatic nitrogens is 5. The van der Waals surface area contributed by atoms with Gasteiger partial charge in [-0.1, -0.05) is 6.07 Å². The number of aromatic amines is 1. The first-order valence-corrected chi connectivity index (χ1v) is 8.61. The van der Waals surface area contributed by atoms with Crippen LogP contribution in [0, 0.1) is 0 Å². The molecule has 1 aliphatic rings. The third-order valence-electron chi connectivity index (χ3n) is 4.69. The summed E-state index contributed by atoms with van der Waals surface area (Å²) in [6, 6.07) is 5.98. The number of H-pyrrole nitrogens is 1. The second-order valence-corrected chi connectivity index (χ2v) is 6.28. The molecule has 4 heterocycles. The maximum Gasteiger partial charge on any atom is 0.213 e. The standard InChI is InChI=1S/C18H22N6O/c1-14-18-20-12-16(5-9-25-17-4-2-3-6-19-17)24(18)8-7-23(14)13-15-10-21-22-11-15/h2-4,6,10-12,14H,5,7-9,13H2,1H3,(H,21,22)/t14-/m1/s1. The second kappa shape index (κ2) is 7.06. The molecule has 1 atom stereocenters. The first kappa shape index (κ1) is 15.8. The van der Waals surface area contributed by atoms with E-state index in [0.717, 1.165) is 31.9 Å². The fourth-order valence-corrected chi connectivity index (χ4v) is 3.31. The van der Waals surface area contributed by atoms with Crippen LogP contribution in [0.25, 0.3) is 0 Å². The minimum atomic E-state index is 0.286. The van der Waals surface area contributed by atoms with Crippen molar-refractivity contribution in [3.05, 3.63) is 60.1 Å². The molecule has 4 rings (SSSR count). The van der Waals surface area contributed by atoms with E-state index in [4.69, 9.17) is 4.74 Å². The van der Waals surface area contributed by atoms with Crippen LogP contribution in [0.1, 0.15) is 30.0 Å². The zero-order valence-electron chi connectivity index (χ0n) is 14.3. The molecule has 130 valence electrons. The summed E-state index contributed by atoms with van der Waals surface area (Å²) in [6.07, 6.45) is 8.39. The van der Waals surface area contributed by atoms with Crippen LogP contribution in [0.15, 0.2) is 43.0 Å². The maximum atomic E-state index is 5.72. The van der Waals surface area contributed by atoms with Gasteiger partial charge in [0, 0.05) is 62.0 Å². The van der Waals surface area contributed by atoms with Crippen molar-refractivity contribution < 1.29 is 4.74 Å². The van der Waals surface area contributed by atoms with E-state index < -0.39 is 0 Å². The summed E-state index contributed by atoms with van der Waals surface area (Å²) >= 11 is 0. The molecule has 0 radical (unpaired) electrons. The van der Waals surface area contributed by atoms with Crippen LogP contribution in [0.3, 0.4) is 0 Å². The van der Waals surface area contributed by atoms with Crippen LogP contribution >= 0.6 is 0 Å². The molecule has 0 spiro atoms. The lowest BCUT2D eigenvalue weighted by Crippen LogP contribution is -2.37. The Morgan fingerprint density at radius 1 is 1.24 bits per heavy atom. The number of pyridine rings is 1. The molecule has 3 aromatic heterocycles. The molecule has 0 bridgehead atoms. The number of fused-ring (bicyclic) bond motifs is 1. The minimum absolute atomic E-state index is 0.286. The summed E-state index contributed by atoms with van der Waals surface area (Å²) in [7, 11) is 0. The first-order valence-electron chi connectivity index (χ1n) is 8.61. The van der Waals surface area contributed by atoms with Gasteiger partial charge in [-0.15, -0.1) is 0 Å². The maximum absolute atomic E-state index is 5.72. The van der Waals surface area contributed by atoms with E-state index in [2.05, 4.69) is 36.6 Å². The molecule has 0 aliphatic carbocycles. The molecule has 7 nitrogen and oxygen atoms in total. The minimum Gasteiger partial charge on any atom is -0.477 e. The average Bonchev–Trinajstić information content (AvgIpc) is 3.29. The van der Waals surface area contributed by atoms with Crippen LogP contribution in [0.4, 0.5) is 0 Å². The van der Waals surface area contributed by atoms with Gasteiger partial charge in [-0.25, -0.2) is 9.97 Å². The van der Waals surface area contributed by atoms with Gasteiger partial charge >= 0.3 is 0 Å². The van der Waals surface area contributed by atoms with E-state index in [0.29, 0.717) is 12.5 Å². The van der Waals surface area contributed by atoms with Crippen LogP contribution in [-0.2, 0) is 19.5 Å². The molecule has 0 saturated carbocycles. The Hall–Kier alpha value is -2.67. The topological polar surface area (TPSA) is 71.9 Å². The van der Waals surface area contributed by atoms with Gasteiger partial charge in [0.25, 0.3) is 0 Å². The second-order valence-electron chi connectivity index (χ2n) is 6.28. The van der Waals surface area contributed by atoms with Gasteiger partial charge in [-0.05, 0) is 13.0 Å². The number of hydrogen-bond donors (Lipinski definition) is 1. The molecule has 0 unspecified atom stereocenters. The Labute approximate surface area is 146 Å². The molecule has 3 aromatic rings. The van der Waals surface area contributed by atoms with E-state index in [1.165, 1.54) is 11.3 Å². The zero-order valence-corrected chi connectivity index (χ0v) is 14.3. The fourth-order valence-electron chi connectivity index (χ4n) is 3.31. The Morgan fingerprint density at radius 3 is 3.00 bits per heavy atom. The zero-order chi connectivity index (χ0) is 17.1. The molecular weight excluding hydrogens is 316 g/mol. The highest BCUT2D eigenvalue weighted by atomic mass is 16.5. The van der Waals surface area contributed by atoms with Crippen LogP contribution < -0.4 is 4.74 Å². The smallest absolute Gasteiger partial charge is 0.213 e. The summed E-state index contributed by atoms with van der Waals surface area (Å²) in [5.74, 6) is 1.79. The van der Waals surface area contributed by atoms with Gasteiger partial charge < -0.3 is 9.30 Å². The molecule has 1 N–H and O–H groups in total. The highest BCUT2D eigenvalue weighted by molar-refractivity contribution is 5.14. The number of nitrogens with zero attached hydrogens (tertiary/aromatic N) is 5. The molecule has 0 saturated heterocycles. The van der Waals surface area contributed by atoms with Gasteiger partial charge in [0.15, 0.2) is 0 Å². The normalized spacial score (nSPS) is 17.4. The van der Waals surface area contributed by atoms with Crippen molar-refractivity contribution in [3.63, 3.8) is 0 Å². The Balaban J connectivity index is 1.39. The van der Waals surface area contributed by atoms with E-state index in [1.54, 1.807) is 6.20 Å². The summed E-state index contributed by atoms with van der Waals surface area (Å²) in [5.41, 5.74) is 2.43.